The molecule has 0 spiro atoms. The molecule has 1 aromatic heterocycles. The molecule has 2 amide bonds. The van der Waals surface area contributed by atoms with Crippen LogP contribution in [0, 0.1) is 5.92 Å². The first kappa shape index (κ1) is 28.2. The minimum Gasteiger partial charge on any atom is -0.466 e. The van der Waals surface area contributed by atoms with Gasteiger partial charge in [-0.1, -0.05) is 0 Å². The number of piperidine rings is 1. The predicted octanol–water partition coefficient (Wildman–Crippen LogP) is 2.83. The molecule has 1 aromatic carbocycles. The maximum atomic E-state index is 13.2. The average molecular weight is 563 g/mol. The van der Waals surface area contributed by atoms with E-state index in [1.807, 2.05) is 0 Å². The van der Waals surface area contributed by atoms with E-state index in [9.17, 15) is 22.8 Å². The summed E-state index contributed by atoms with van der Waals surface area (Å²) in [6.07, 6.45) is 1.82. The monoisotopic (exact) mass is 562 g/mol. The Morgan fingerprint density at radius 2 is 1.89 bits per heavy atom. The van der Waals surface area contributed by atoms with Crippen LogP contribution < -0.4 is 11.1 Å². The number of nitrogens with one attached hydrogen (secondary N) is 1. The Morgan fingerprint density at radius 3 is 2.53 bits per heavy atom. The molecule has 2 aromatic rings. The number of primary amides is 1. The number of anilines is 1. The number of nitrogens with two attached hydrogens (primary N) is 1. The number of amides is 2. The Balaban J connectivity index is 1.49. The van der Waals surface area contributed by atoms with E-state index < -0.39 is 27.8 Å². The molecule has 0 bridgehead atoms. The second-order valence-corrected chi connectivity index (χ2v) is 12.9. The molecule has 0 radical (unpaired) electrons. The van der Waals surface area contributed by atoms with Gasteiger partial charge in [0.05, 0.1) is 23.0 Å². The molecule has 2 aliphatic heterocycles. The summed E-state index contributed by atoms with van der Waals surface area (Å²) in [6.45, 7) is 8.07. The van der Waals surface area contributed by atoms with Gasteiger partial charge in [-0.3, -0.25) is 19.3 Å². The summed E-state index contributed by atoms with van der Waals surface area (Å²) in [4.78, 5) is 40.8. The third-order valence-electron chi connectivity index (χ3n) is 7.05. The summed E-state index contributed by atoms with van der Waals surface area (Å²) >= 11 is 1.35. The van der Waals surface area contributed by atoms with Crippen LogP contribution in [0.2, 0.25) is 0 Å². The molecule has 1 fully saturated rings. The highest BCUT2D eigenvalue weighted by atomic mass is 32.2. The molecule has 1 unspecified atom stereocenters. The van der Waals surface area contributed by atoms with Crippen LogP contribution in [0.3, 0.4) is 0 Å². The van der Waals surface area contributed by atoms with E-state index in [0.29, 0.717) is 49.0 Å². The third-order valence-corrected chi connectivity index (χ3v) is 10.1. The second-order valence-electron chi connectivity index (χ2n) is 9.82. The largest absolute Gasteiger partial charge is 0.466 e. The smallest absolute Gasteiger partial charge is 0.310 e. The molecule has 4 rings (SSSR count). The minimum atomic E-state index is -3.85. The quantitative estimate of drug-likeness (QED) is 0.472. The number of carbonyl (C=O) groups excluding carboxylic acids is 3. The van der Waals surface area contributed by atoms with Crippen LogP contribution >= 0.6 is 11.3 Å². The number of hydrogen-bond donors (Lipinski definition) is 2. The lowest BCUT2D eigenvalue weighted by atomic mass is 10.0. The zero-order valence-corrected chi connectivity index (χ0v) is 23.5. The predicted molar refractivity (Wildman–Crippen MR) is 145 cm³/mol. The van der Waals surface area contributed by atoms with Gasteiger partial charge in [0.25, 0.3) is 11.8 Å². The van der Waals surface area contributed by atoms with E-state index >= 15 is 0 Å². The fraction of sp³-hybridized carbons (Fsp3) is 0.500. The van der Waals surface area contributed by atoms with Gasteiger partial charge in [0, 0.05) is 42.7 Å². The minimum absolute atomic E-state index is 0.0387. The molecule has 206 valence electrons. The molecule has 12 heteroatoms. The maximum absolute atomic E-state index is 13.2. The van der Waals surface area contributed by atoms with Crippen molar-refractivity contribution in [1.82, 2.24) is 9.21 Å². The summed E-state index contributed by atoms with van der Waals surface area (Å²) in [5, 5.41) is 3.22. The topological polar surface area (TPSA) is 139 Å². The molecular weight excluding hydrogens is 528 g/mol. The lowest BCUT2D eigenvalue weighted by molar-refractivity contribution is -0.149. The van der Waals surface area contributed by atoms with Gasteiger partial charge in [-0.05, 0) is 69.9 Å². The number of carbonyl (C=O) groups is 3. The van der Waals surface area contributed by atoms with E-state index in [1.165, 1.54) is 39.9 Å². The first-order valence-electron chi connectivity index (χ1n) is 12.8. The molecule has 10 nitrogen and oxygen atoms in total. The number of benzene rings is 1. The van der Waals surface area contributed by atoms with Crippen LogP contribution in [0.1, 0.15) is 64.8 Å². The Labute approximate surface area is 227 Å². The average Bonchev–Trinajstić information content (AvgIpc) is 3.26. The standard InChI is InChI=1S/C26H34N4O6S2/c1-4-36-26(33)18-6-5-12-30(14-18)38(34,35)19-9-7-17(8-10-19)24(32)28-25-22(23(27)31)20-11-13-29(16(2)3)15-21(20)37-25/h7-10,16,18H,4-6,11-15H2,1-3H3,(H2,27,31)(H,28,32). The van der Waals surface area contributed by atoms with E-state index in [2.05, 4.69) is 24.1 Å². The fourth-order valence-corrected chi connectivity index (χ4v) is 7.73. The highest BCUT2D eigenvalue weighted by Gasteiger charge is 2.34. The zero-order chi connectivity index (χ0) is 27.6. The maximum Gasteiger partial charge on any atom is 0.310 e. The van der Waals surface area contributed by atoms with Crippen LogP contribution in [0.5, 0.6) is 0 Å². The molecule has 0 aliphatic carbocycles. The second kappa shape index (κ2) is 11.5. The molecule has 1 saturated heterocycles. The summed E-state index contributed by atoms with van der Waals surface area (Å²) < 4.78 is 32.8. The number of thiophene rings is 1. The normalized spacial score (nSPS) is 18.7. The van der Waals surface area contributed by atoms with Crippen LogP contribution in [0.15, 0.2) is 29.2 Å². The molecule has 3 N–H and O–H groups in total. The summed E-state index contributed by atoms with van der Waals surface area (Å²) in [7, 11) is -3.85. The SMILES string of the molecule is CCOC(=O)C1CCCN(S(=O)(=O)c2ccc(C(=O)Nc3sc4c(c3C(N)=O)CCN(C(C)C)C4)cc2)C1. The third kappa shape index (κ3) is 5.78. The van der Waals surface area contributed by atoms with Crippen molar-refractivity contribution in [2.75, 3.05) is 31.6 Å². The number of sulfonamides is 1. The van der Waals surface area contributed by atoms with Crippen molar-refractivity contribution in [2.45, 2.75) is 57.5 Å². The lowest BCUT2D eigenvalue weighted by Crippen LogP contribution is -2.42. The zero-order valence-electron chi connectivity index (χ0n) is 21.9. The molecule has 3 heterocycles. The number of esters is 1. The number of ether oxygens (including phenoxy) is 1. The van der Waals surface area contributed by atoms with Gasteiger partial charge in [-0.25, -0.2) is 8.42 Å². The van der Waals surface area contributed by atoms with Gasteiger partial charge < -0.3 is 15.8 Å². The summed E-state index contributed by atoms with van der Waals surface area (Å²) in [5.41, 5.74) is 7.16. The van der Waals surface area contributed by atoms with E-state index in [0.717, 1.165) is 17.0 Å². The van der Waals surface area contributed by atoms with Crippen molar-refractivity contribution in [1.29, 1.82) is 0 Å². The molecule has 0 saturated carbocycles. The van der Waals surface area contributed by atoms with E-state index in [-0.39, 0.29) is 29.6 Å². The van der Waals surface area contributed by atoms with Gasteiger partial charge in [-0.2, -0.15) is 4.31 Å². The molecule has 38 heavy (non-hydrogen) atoms. The van der Waals surface area contributed by atoms with Gasteiger partial charge >= 0.3 is 5.97 Å². The first-order valence-corrected chi connectivity index (χ1v) is 15.0. The molecular formula is C26H34N4O6S2. The van der Waals surface area contributed by atoms with Crippen molar-refractivity contribution in [3.8, 4) is 0 Å². The number of hydrogen-bond acceptors (Lipinski definition) is 8. The van der Waals surface area contributed by atoms with E-state index in [1.54, 1.807) is 6.92 Å². The first-order chi connectivity index (χ1) is 18.0. The number of fused-ring (bicyclic) bond motifs is 1. The lowest BCUT2D eigenvalue weighted by Gasteiger charge is -2.30. The van der Waals surface area contributed by atoms with Crippen LogP contribution in [0.25, 0.3) is 0 Å². The molecule has 1 atom stereocenters. The van der Waals surface area contributed by atoms with Gasteiger partial charge in [-0.15, -0.1) is 11.3 Å². The fourth-order valence-electron chi connectivity index (χ4n) is 4.93. The van der Waals surface area contributed by atoms with Crippen molar-refractivity contribution in [3.63, 3.8) is 0 Å². The summed E-state index contributed by atoms with van der Waals surface area (Å²) in [5.74, 6) is -1.93. The van der Waals surface area contributed by atoms with Crippen LogP contribution in [-0.4, -0.2) is 67.7 Å². The highest BCUT2D eigenvalue weighted by Crippen LogP contribution is 2.37. The summed E-state index contributed by atoms with van der Waals surface area (Å²) in [6, 6.07) is 6.00. The van der Waals surface area contributed by atoms with Crippen molar-refractivity contribution in [3.05, 3.63) is 45.8 Å². The van der Waals surface area contributed by atoms with Crippen molar-refractivity contribution >= 4 is 44.1 Å². The van der Waals surface area contributed by atoms with Crippen molar-refractivity contribution < 1.29 is 27.5 Å². The van der Waals surface area contributed by atoms with Crippen molar-refractivity contribution in [2.24, 2.45) is 11.7 Å². The van der Waals surface area contributed by atoms with Gasteiger partial charge in [0.15, 0.2) is 0 Å². The van der Waals surface area contributed by atoms with Crippen LogP contribution in [0.4, 0.5) is 5.00 Å². The van der Waals surface area contributed by atoms with Gasteiger partial charge in [0.2, 0.25) is 10.0 Å². The Hall–Kier alpha value is -2.80. The number of nitrogens with zero attached hydrogens (tertiary/aromatic N) is 2. The number of rotatable bonds is 8. The Morgan fingerprint density at radius 1 is 1.18 bits per heavy atom. The van der Waals surface area contributed by atoms with Gasteiger partial charge in [0.1, 0.15) is 5.00 Å². The molecule has 2 aliphatic rings. The Kier molecular flexibility index (Phi) is 8.55. The van der Waals surface area contributed by atoms with Crippen LogP contribution in [-0.2, 0) is 32.5 Å². The van der Waals surface area contributed by atoms with E-state index in [4.69, 9.17) is 10.5 Å². The Bertz CT molecular complexity index is 1320. The highest BCUT2D eigenvalue weighted by molar-refractivity contribution is 7.89.